The molecule has 0 saturated carbocycles. The molecular formula is C16H21N3OS. The van der Waals surface area contributed by atoms with Gasteiger partial charge in [0.05, 0.1) is 6.54 Å². The van der Waals surface area contributed by atoms with Crippen LogP contribution in [0.15, 0.2) is 41.8 Å². The number of carbonyl (C=O) groups is 1. The van der Waals surface area contributed by atoms with Crippen LogP contribution in [0.4, 0.5) is 10.5 Å². The fourth-order valence-electron chi connectivity index (χ4n) is 1.92. The van der Waals surface area contributed by atoms with E-state index in [9.17, 15) is 4.79 Å². The van der Waals surface area contributed by atoms with Gasteiger partial charge in [-0.2, -0.15) is 0 Å². The number of carbonyl (C=O) groups excluding carboxylic acids is 1. The van der Waals surface area contributed by atoms with Crippen LogP contribution in [0.3, 0.4) is 0 Å². The van der Waals surface area contributed by atoms with Gasteiger partial charge in [0.15, 0.2) is 0 Å². The zero-order valence-electron chi connectivity index (χ0n) is 12.4. The van der Waals surface area contributed by atoms with Crippen molar-refractivity contribution in [3.05, 3.63) is 52.2 Å². The number of hydrogen-bond donors (Lipinski definition) is 2. The molecule has 4 nitrogen and oxygen atoms in total. The fraction of sp³-hybridized carbons (Fsp3) is 0.312. The molecule has 0 unspecified atom stereocenters. The normalized spacial score (nSPS) is 10.2. The Labute approximate surface area is 129 Å². The maximum atomic E-state index is 11.6. The monoisotopic (exact) mass is 303 g/mol. The summed E-state index contributed by atoms with van der Waals surface area (Å²) in [7, 11) is 4.04. The van der Waals surface area contributed by atoms with Crippen molar-refractivity contribution in [1.29, 1.82) is 0 Å². The third-order valence-electron chi connectivity index (χ3n) is 3.16. The molecule has 2 rings (SSSR count). The second-order valence-electron chi connectivity index (χ2n) is 5.00. The molecular weight excluding hydrogens is 282 g/mol. The second kappa shape index (κ2) is 7.69. The molecule has 1 aromatic carbocycles. The number of urea groups is 1. The van der Waals surface area contributed by atoms with Gasteiger partial charge in [-0.25, -0.2) is 4.79 Å². The molecule has 0 atom stereocenters. The van der Waals surface area contributed by atoms with E-state index in [1.807, 2.05) is 31.6 Å². The summed E-state index contributed by atoms with van der Waals surface area (Å²) in [6, 6.07) is 12.3. The minimum absolute atomic E-state index is 0.117. The van der Waals surface area contributed by atoms with E-state index in [4.69, 9.17) is 0 Å². The van der Waals surface area contributed by atoms with Crippen LogP contribution in [0, 0.1) is 0 Å². The topological polar surface area (TPSA) is 44.4 Å². The van der Waals surface area contributed by atoms with Crippen LogP contribution in [0.25, 0.3) is 0 Å². The predicted octanol–water partition coefficient (Wildman–Crippen LogP) is 2.86. The molecule has 0 saturated heterocycles. The van der Waals surface area contributed by atoms with Crippen LogP contribution >= 0.6 is 11.3 Å². The van der Waals surface area contributed by atoms with E-state index in [1.165, 1.54) is 11.3 Å². The SMILES string of the molecule is CN(C)c1ccc(CCNC(=O)NCc2cccs2)cc1. The molecule has 21 heavy (non-hydrogen) atoms. The van der Waals surface area contributed by atoms with E-state index in [0.717, 1.165) is 11.3 Å². The summed E-state index contributed by atoms with van der Waals surface area (Å²) in [6.45, 7) is 1.22. The first-order valence-electron chi connectivity index (χ1n) is 6.95. The quantitative estimate of drug-likeness (QED) is 0.862. The number of hydrogen-bond acceptors (Lipinski definition) is 3. The largest absolute Gasteiger partial charge is 0.378 e. The van der Waals surface area contributed by atoms with Gasteiger partial charge in [-0.15, -0.1) is 11.3 Å². The van der Waals surface area contributed by atoms with E-state index in [2.05, 4.69) is 39.8 Å². The maximum Gasteiger partial charge on any atom is 0.315 e. The molecule has 0 radical (unpaired) electrons. The maximum absolute atomic E-state index is 11.6. The summed E-state index contributed by atoms with van der Waals surface area (Å²) in [5, 5.41) is 7.73. The highest BCUT2D eigenvalue weighted by Gasteiger charge is 2.01. The summed E-state index contributed by atoms with van der Waals surface area (Å²) in [4.78, 5) is 14.9. The Morgan fingerprint density at radius 1 is 1.14 bits per heavy atom. The molecule has 0 aliphatic heterocycles. The smallest absolute Gasteiger partial charge is 0.315 e. The zero-order valence-corrected chi connectivity index (χ0v) is 13.2. The molecule has 0 aliphatic rings. The third-order valence-corrected chi connectivity index (χ3v) is 4.03. The van der Waals surface area contributed by atoms with Crippen molar-refractivity contribution >= 4 is 23.1 Å². The summed E-state index contributed by atoms with van der Waals surface area (Å²) in [5.74, 6) is 0. The number of nitrogens with zero attached hydrogens (tertiary/aromatic N) is 1. The lowest BCUT2D eigenvalue weighted by atomic mass is 10.1. The van der Waals surface area contributed by atoms with Gasteiger partial charge in [-0.3, -0.25) is 0 Å². The lowest BCUT2D eigenvalue weighted by molar-refractivity contribution is 0.240. The molecule has 0 bridgehead atoms. The zero-order chi connectivity index (χ0) is 15.1. The van der Waals surface area contributed by atoms with Gasteiger partial charge in [0.25, 0.3) is 0 Å². The third kappa shape index (κ3) is 5.11. The van der Waals surface area contributed by atoms with E-state index >= 15 is 0 Å². The Morgan fingerprint density at radius 3 is 2.52 bits per heavy atom. The molecule has 0 fully saturated rings. The molecule has 2 N–H and O–H groups in total. The van der Waals surface area contributed by atoms with Crippen LogP contribution in [0.2, 0.25) is 0 Å². The number of nitrogens with one attached hydrogen (secondary N) is 2. The van der Waals surface area contributed by atoms with Crippen LogP contribution in [0.5, 0.6) is 0 Å². The Balaban J connectivity index is 1.67. The van der Waals surface area contributed by atoms with Gasteiger partial charge in [0, 0.05) is 31.2 Å². The summed E-state index contributed by atoms with van der Waals surface area (Å²) < 4.78 is 0. The number of benzene rings is 1. The summed E-state index contributed by atoms with van der Waals surface area (Å²) in [6.07, 6.45) is 0.833. The Kier molecular flexibility index (Phi) is 5.63. The number of anilines is 1. The van der Waals surface area contributed by atoms with Crippen molar-refractivity contribution in [1.82, 2.24) is 10.6 Å². The van der Waals surface area contributed by atoms with Crippen molar-refractivity contribution in [2.75, 3.05) is 25.5 Å². The predicted molar refractivity (Wildman–Crippen MR) is 89.0 cm³/mol. The Hall–Kier alpha value is -2.01. The minimum Gasteiger partial charge on any atom is -0.378 e. The van der Waals surface area contributed by atoms with Gasteiger partial charge < -0.3 is 15.5 Å². The van der Waals surface area contributed by atoms with Crippen molar-refractivity contribution in [2.45, 2.75) is 13.0 Å². The van der Waals surface area contributed by atoms with Crippen molar-refractivity contribution in [3.8, 4) is 0 Å². The molecule has 1 aromatic heterocycles. The van der Waals surface area contributed by atoms with Gasteiger partial charge in [0.1, 0.15) is 0 Å². The Bertz CT molecular complexity index is 549. The van der Waals surface area contributed by atoms with E-state index in [-0.39, 0.29) is 6.03 Å². The number of thiophene rings is 1. The van der Waals surface area contributed by atoms with Crippen molar-refractivity contribution in [2.24, 2.45) is 0 Å². The van der Waals surface area contributed by atoms with Gasteiger partial charge in [-0.05, 0) is 35.6 Å². The van der Waals surface area contributed by atoms with Gasteiger partial charge in [-0.1, -0.05) is 18.2 Å². The number of amides is 2. The highest BCUT2D eigenvalue weighted by molar-refractivity contribution is 7.09. The minimum atomic E-state index is -0.117. The molecule has 2 aromatic rings. The highest BCUT2D eigenvalue weighted by Crippen LogP contribution is 2.12. The summed E-state index contributed by atoms with van der Waals surface area (Å²) >= 11 is 1.64. The molecule has 1 heterocycles. The molecule has 5 heteroatoms. The van der Waals surface area contributed by atoms with Crippen LogP contribution in [-0.2, 0) is 13.0 Å². The fourth-order valence-corrected chi connectivity index (χ4v) is 2.57. The molecule has 0 aliphatic carbocycles. The van der Waals surface area contributed by atoms with Crippen LogP contribution < -0.4 is 15.5 Å². The first-order chi connectivity index (χ1) is 10.1. The van der Waals surface area contributed by atoms with E-state index in [1.54, 1.807) is 11.3 Å². The summed E-state index contributed by atoms with van der Waals surface area (Å²) in [5.41, 5.74) is 2.40. The molecule has 112 valence electrons. The second-order valence-corrected chi connectivity index (χ2v) is 6.03. The van der Waals surface area contributed by atoms with Crippen molar-refractivity contribution in [3.63, 3.8) is 0 Å². The standard InChI is InChI=1S/C16H21N3OS/c1-19(2)14-7-5-13(6-8-14)9-10-17-16(20)18-12-15-4-3-11-21-15/h3-8,11H,9-10,12H2,1-2H3,(H2,17,18,20). The van der Waals surface area contributed by atoms with Gasteiger partial charge >= 0.3 is 6.03 Å². The first-order valence-corrected chi connectivity index (χ1v) is 7.83. The van der Waals surface area contributed by atoms with Crippen LogP contribution in [-0.4, -0.2) is 26.7 Å². The average Bonchev–Trinajstić information content (AvgIpc) is 2.99. The first kappa shape index (κ1) is 15.4. The molecule has 2 amide bonds. The lowest BCUT2D eigenvalue weighted by Crippen LogP contribution is -2.36. The van der Waals surface area contributed by atoms with E-state index < -0.39 is 0 Å². The highest BCUT2D eigenvalue weighted by atomic mass is 32.1. The number of rotatable bonds is 6. The van der Waals surface area contributed by atoms with Crippen molar-refractivity contribution < 1.29 is 4.79 Å². The lowest BCUT2D eigenvalue weighted by Gasteiger charge is -2.12. The average molecular weight is 303 g/mol. The van der Waals surface area contributed by atoms with Crippen LogP contribution in [0.1, 0.15) is 10.4 Å². The molecule has 0 spiro atoms. The van der Waals surface area contributed by atoms with Gasteiger partial charge in [0.2, 0.25) is 0 Å². The van der Waals surface area contributed by atoms with E-state index in [0.29, 0.717) is 13.1 Å². The Morgan fingerprint density at radius 2 is 1.90 bits per heavy atom.